The summed E-state index contributed by atoms with van der Waals surface area (Å²) in [6.45, 7) is 3.20. The lowest BCUT2D eigenvalue weighted by molar-refractivity contribution is 0.299. The average molecular weight is 342 g/mol. The zero-order chi connectivity index (χ0) is 14.4. The van der Waals surface area contributed by atoms with Gasteiger partial charge in [-0.2, -0.15) is 0 Å². The third kappa shape index (κ3) is 4.56. The van der Waals surface area contributed by atoms with Crippen molar-refractivity contribution in [3.05, 3.63) is 34.1 Å². The van der Waals surface area contributed by atoms with Crippen molar-refractivity contribution in [2.24, 2.45) is 5.92 Å². The van der Waals surface area contributed by atoms with Gasteiger partial charge < -0.3 is 5.32 Å². The Kier molecular flexibility index (Phi) is 6.50. The molecule has 112 valence electrons. The predicted molar refractivity (Wildman–Crippen MR) is 86.3 cm³/mol. The average Bonchev–Trinajstić information content (AvgIpc) is 2.45. The van der Waals surface area contributed by atoms with E-state index in [0.29, 0.717) is 6.04 Å². The molecule has 1 N–H and O–H groups in total. The number of benzene rings is 1. The molecule has 0 spiro atoms. The Labute approximate surface area is 130 Å². The molecule has 20 heavy (non-hydrogen) atoms. The number of nitrogens with one attached hydrogen (secondary N) is 1. The highest BCUT2D eigenvalue weighted by Gasteiger charge is 2.21. The quantitative estimate of drug-likeness (QED) is 0.710. The van der Waals surface area contributed by atoms with Crippen molar-refractivity contribution in [3.63, 3.8) is 0 Å². The molecule has 0 aromatic heterocycles. The standard InChI is InChI=1S/C17H25BrFN/c1-2-10-20-17(11-13-6-4-3-5-7-13)15-9-8-14(19)12-16(15)18/h8-9,12-13,17,20H,2-7,10-11H2,1H3. The molecule has 1 aromatic carbocycles. The molecule has 0 amide bonds. The van der Waals surface area contributed by atoms with Gasteiger partial charge in [-0.3, -0.25) is 0 Å². The second-order valence-electron chi connectivity index (χ2n) is 5.91. The first-order valence-electron chi connectivity index (χ1n) is 7.89. The molecule has 1 saturated carbocycles. The maximum absolute atomic E-state index is 13.3. The Morgan fingerprint density at radius 1 is 1.30 bits per heavy atom. The summed E-state index contributed by atoms with van der Waals surface area (Å²) in [7, 11) is 0. The van der Waals surface area contributed by atoms with Gasteiger partial charge in [0.2, 0.25) is 0 Å². The van der Waals surface area contributed by atoms with E-state index in [1.165, 1.54) is 44.1 Å². The van der Waals surface area contributed by atoms with E-state index in [1.54, 1.807) is 12.1 Å². The first-order valence-corrected chi connectivity index (χ1v) is 8.68. The van der Waals surface area contributed by atoms with Crippen LogP contribution in [0.25, 0.3) is 0 Å². The van der Waals surface area contributed by atoms with Gasteiger partial charge in [0.05, 0.1) is 0 Å². The zero-order valence-electron chi connectivity index (χ0n) is 12.3. The van der Waals surface area contributed by atoms with Crippen molar-refractivity contribution in [2.45, 2.75) is 57.9 Å². The van der Waals surface area contributed by atoms with Gasteiger partial charge in [0.15, 0.2) is 0 Å². The Balaban J connectivity index is 2.08. The van der Waals surface area contributed by atoms with Crippen molar-refractivity contribution in [3.8, 4) is 0 Å². The minimum absolute atomic E-state index is 0.174. The molecule has 3 heteroatoms. The van der Waals surface area contributed by atoms with Crippen LogP contribution in [0.15, 0.2) is 22.7 Å². The first-order chi connectivity index (χ1) is 9.70. The highest BCUT2D eigenvalue weighted by atomic mass is 79.9. The topological polar surface area (TPSA) is 12.0 Å². The molecule has 1 aromatic rings. The van der Waals surface area contributed by atoms with Crippen molar-refractivity contribution >= 4 is 15.9 Å². The lowest BCUT2D eigenvalue weighted by Crippen LogP contribution is -2.25. The Morgan fingerprint density at radius 2 is 2.05 bits per heavy atom. The first kappa shape index (κ1) is 16.0. The summed E-state index contributed by atoms with van der Waals surface area (Å²) in [6.07, 6.45) is 9.13. The van der Waals surface area contributed by atoms with E-state index >= 15 is 0 Å². The SMILES string of the molecule is CCCNC(CC1CCCCC1)c1ccc(F)cc1Br. The summed E-state index contributed by atoms with van der Waals surface area (Å²) >= 11 is 3.52. The second kappa shape index (κ2) is 8.14. The van der Waals surface area contributed by atoms with Gasteiger partial charge in [-0.1, -0.05) is 61.0 Å². The lowest BCUT2D eigenvalue weighted by atomic mass is 9.83. The van der Waals surface area contributed by atoms with Gasteiger partial charge in [0, 0.05) is 10.5 Å². The largest absolute Gasteiger partial charge is 0.310 e. The number of hydrogen-bond donors (Lipinski definition) is 1. The number of halogens is 2. The fourth-order valence-electron chi connectivity index (χ4n) is 3.18. The van der Waals surface area contributed by atoms with Crippen LogP contribution in [0.4, 0.5) is 4.39 Å². The van der Waals surface area contributed by atoms with Crippen LogP contribution in [0, 0.1) is 11.7 Å². The second-order valence-corrected chi connectivity index (χ2v) is 6.77. The van der Waals surface area contributed by atoms with Crippen LogP contribution in [-0.2, 0) is 0 Å². The molecule has 1 aliphatic rings. The van der Waals surface area contributed by atoms with Crippen LogP contribution in [0.2, 0.25) is 0 Å². The molecule has 0 saturated heterocycles. The van der Waals surface area contributed by atoms with Crippen LogP contribution >= 0.6 is 15.9 Å². The van der Waals surface area contributed by atoms with Crippen molar-refractivity contribution < 1.29 is 4.39 Å². The van der Waals surface area contributed by atoms with Gasteiger partial charge in [-0.25, -0.2) is 4.39 Å². The summed E-state index contributed by atoms with van der Waals surface area (Å²) in [5.74, 6) is 0.641. The summed E-state index contributed by atoms with van der Waals surface area (Å²) in [4.78, 5) is 0. The molecule has 0 heterocycles. The summed E-state index contributed by atoms with van der Waals surface area (Å²) in [6, 6.07) is 5.42. The van der Waals surface area contributed by atoms with Gasteiger partial charge >= 0.3 is 0 Å². The van der Waals surface area contributed by atoms with Crippen LogP contribution < -0.4 is 5.32 Å². The monoisotopic (exact) mass is 341 g/mol. The van der Waals surface area contributed by atoms with E-state index in [9.17, 15) is 4.39 Å². The van der Waals surface area contributed by atoms with Crippen LogP contribution in [0.1, 0.15) is 63.5 Å². The normalized spacial score (nSPS) is 18.1. The molecule has 0 radical (unpaired) electrons. The van der Waals surface area contributed by atoms with E-state index in [1.807, 2.05) is 6.07 Å². The Morgan fingerprint density at radius 3 is 2.70 bits per heavy atom. The summed E-state index contributed by atoms with van der Waals surface area (Å²) < 4.78 is 14.2. The third-order valence-corrected chi connectivity index (χ3v) is 4.96. The van der Waals surface area contributed by atoms with E-state index in [4.69, 9.17) is 0 Å². The molecule has 1 atom stereocenters. The highest BCUT2D eigenvalue weighted by molar-refractivity contribution is 9.10. The number of hydrogen-bond acceptors (Lipinski definition) is 1. The van der Waals surface area contributed by atoms with Crippen molar-refractivity contribution in [1.29, 1.82) is 0 Å². The zero-order valence-corrected chi connectivity index (χ0v) is 13.9. The molecule has 0 bridgehead atoms. The van der Waals surface area contributed by atoms with E-state index in [0.717, 1.165) is 23.4 Å². The molecule has 1 fully saturated rings. The molecular weight excluding hydrogens is 317 g/mol. The van der Waals surface area contributed by atoms with E-state index in [2.05, 4.69) is 28.2 Å². The van der Waals surface area contributed by atoms with Crippen LogP contribution in [0.3, 0.4) is 0 Å². The van der Waals surface area contributed by atoms with E-state index < -0.39 is 0 Å². The van der Waals surface area contributed by atoms with Gasteiger partial charge in [0.1, 0.15) is 5.82 Å². The van der Waals surface area contributed by atoms with Crippen LogP contribution in [0.5, 0.6) is 0 Å². The molecule has 1 aliphatic carbocycles. The molecule has 0 aliphatic heterocycles. The summed E-state index contributed by atoms with van der Waals surface area (Å²) in [5, 5.41) is 3.64. The Hall–Kier alpha value is -0.410. The maximum atomic E-state index is 13.3. The molecular formula is C17H25BrFN. The number of rotatable bonds is 6. The third-order valence-electron chi connectivity index (χ3n) is 4.27. The van der Waals surface area contributed by atoms with Gasteiger partial charge in [-0.15, -0.1) is 0 Å². The molecule has 2 rings (SSSR count). The Bertz CT molecular complexity index is 415. The van der Waals surface area contributed by atoms with E-state index in [-0.39, 0.29) is 5.82 Å². The van der Waals surface area contributed by atoms with Crippen LogP contribution in [-0.4, -0.2) is 6.54 Å². The molecule has 1 unspecified atom stereocenters. The predicted octanol–water partition coefficient (Wildman–Crippen LogP) is 5.60. The minimum atomic E-state index is -0.174. The smallest absolute Gasteiger partial charge is 0.124 e. The van der Waals surface area contributed by atoms with Crippen molar-refractivity contribution in [2.75, 3.05) is 6.54 Å². The molecule has 1 nitrogen and oxygen atoms in total. The van der Waals surface area contributed by atoms with Gasteiger partial charge in [-0.05, 0) is 43.0 Å². The highest BCUT2D eigenvalue weighted by Crippen LogP contribution is 2.34. The van der Waals surface area contributed by atoms with Gasteiger partial charge in [0.25, 0.3) is 0 Å². The lowest BCUT2D eigenvalue weighted by Gasteiger charge is -2.28. The maximum Gasteiger partial charge on any atom is 0.124 e. The van der Waals surface area contributed by atoms with Crippen molar-refractivity contribution in [1.82, 2.24) is 5.32 Å². The fourth-order valence-corrected chi connectivity index (χ4v) is 3.81. The summed E-state index contributed by atoms with van der Waals surface area (Å²) in [5.41, 5.74) is 1.20. The fraction of sp³-hybridized carbons (Fsp3) is 0.647. The minimum Gasteiger partial charge on any atom is -0.310 e.